The molecule has 0 aromatic heterocycles. The predicted molar refractivity (Wildman–Crippen MR) is 121 cm³/mol. The first-order chi connectivity index (χ1) is 15.2. The number of rotatable bonds is 12. The molecule has 0 aliphatic heterocycles. The molecule has 0 saturated heterocycles. The van der Waals surface area contributed by atoms with Crippen molar-refractivity contribution < 1.29 is 43.3 Å². The summed E-state index contributed by atoms with van der Waals surface area (Å²) in [4.78, 5) is 45.4. The Balaban J connectivity index is 3.32. The van der Waals surface area contributed by atoms with E-state index in [4.69, 9.17) is 35.7 Å². The molecular formula is C21H29ClNO9Si. The lowest BCUT2D eigenvalue weighted by atomic mass is 9.86. The molecule has 12 heteroatoms. The molecule has 3 N–H and O–H groups in total. The van der Waals surface area contributed by atoms with E-state index >= 15 is 0 Å². The van der Waals surface area contributed by atoms with E-state index in [2.05, 4.69) is 5.32 Å². The van der Waals surface area contributed by atoms with Gasteiger partial charge in [0, 0.05) is 16.3 Å². The maximum absolute atomic E-state index is 11.9. The highest BCUT2D eigenvalue weighted by Gasteiger charge is 2.29. The number of anilines is 1. The van der Waals surface area contributed by atoms with Crippen LogP contribution in [0.1, 0.15) is 51.7 Å². The molecule has 183 valence electrons. The summed E-state index contributed by atoms with van der Waals surface area (Å²) in [5, 5.41) is 20.7. The van der Waals surface area contributed by atoms with Crippen molar-refractivity contribution in [1.29, 1.82) is 0 Å². The Bertz CT molecular complexity index is 840. The minimum absolute atomic E-state index is 0.139. The lowest BCUT2D eigenvalue weighted by Gasteiger charge is -2.31. The second kappa shape index (κ2) is 12.6. The fraction of sp³-hybridized carbons (Fsp3) is 0.524. The lowest BCUT2D eigenvalue weighted by Crippen LogP contribution is -2.33. The van der Waals surface area contributed by atoms with E-state index in [1.807, 2.05) is 33.9 Å². The second-order valence-corrected chi connectivity index (χ2v) is 11.0. The van der Waals surface area contributed by atoms with Gasteiger partial charge in [0.1, 0.15) is 12.8 Å². The molecule has 0 spiro atoms. The van der Waals surface area contributed by atoms with E-state index in [0.717, 1.165) is 0 Å². The van der Waals surface area contributed by atoms with Crippen molar-refractivity contribution in [3.05, 3.63) is 28.8 Å². The first-order valence-electron chi connectivity index (χ1n) is 10.0. The Morgan fingerprint density at radius 1 is 1.03 bits per heavy atom. The number of aliphatic carboxylic acids is 2. The maximum atomic E-state index is 11.9. The van der Waals surface area contributed by atoms with Gasteiger partial charge in [-0.05, 0) is 37.1 Å². The Labute approximate surface area is 198 Å². The van der Waals surface area contributed by atoms with Crippen molar-refractivity contribution in [3.8, 4) is 0 Å². The molecule has 1 unspecified atom stereocenters. The summed E-state index contributed by atoms with van der Waals surface area (Å²) in [7, 11) is -1.16. The monoisotopic (exact) mass is 502 g/mol. The van der Waals surface area contributed by atoms with E-state index in [9.17, 15) is 19.2 Å². The minimum atomic E-state index is -1.79. The molecule has 1 aromatic rings. The van der Waals surface area contributed by atoms with Crippen molar-refractivity contribution in [1.82, 2.24) is 0 Å². The van der Waals surface area contributed by atoms with Gasteiger partial charge in [-0.25, -0.2) is 0 Å². The molecule has 1 radical (unpaired) electrons. The molecule has 1 aromatic carbocycles. The lowest BCUT2D eigenvalue weighted by molar-refractivity contribution is -0.184. The molecule has 1 atom stereocenters. The molecule has 33 heavy (non-hydrogen) atoms. The largest absolute Gasteiger partial charge is 0.481 e. The van der Waals surface area contributed by atoms with Gasteiger partial charge < -0.3 is 29.4 Å². The molecule has 0 saturated carbocycles. The summed E-state index contributed by atoms with van der Waals surface area (Å²) >= 11 is 6.49. The minimum Gasteiger partial charge on any atom is -0.481 e. The number of carbonyl (C=O) groups excluding carboxylic acids is 2. The normalized spacial score (nSPS) is 12.4. The Kier molecular flexibility index (Phi) is 10.8. The van der Waals surface area contributed by atoms with E-state index < -0.39 is 58.3 Å². The summed E-state index contributed by atoms with van der Waals surface area (Å²) in [6.07, 6.45) is -3.61. The Morgan fingerprint density at radius 2 is 1.55 bits per heavy atom. The first kappa shape index (κ1) is 28.4. The molecule has 0 aliphatic rings. The number of benzene rings is 1. The van der Waals surface area contributed by atoms with Crippen LogP contribution in [0.3, 0.4) is 0 Å². The smallest absolute Gasteiger partial charge is 0.329 e. The number of carboxylic acids is 2. The van der Waals surface area contributed by atoms with E-state index in [1.54, 1.807) is 18.2 Å². The van der Waals surface area contributed by atoms with Gasteiger partial charge in [0.25, 0.3) is 0 Å². The fourth-order valence-electron chi connectivity index (χ4n) is 2.81. The summed E-state index contributed by atoms with van der Waals surface area (Å²) in [5.41, 5.74) is 0.713. The van der Waals surface area contributed by atoms with Crippen LogP contribution < -0.4 is 5.32 Å². The fourth-order valence-corrected chi connectivity index (χ4v) is 3.88. The summed E-state index contributed by atoms with van der Waals surface area (Å²) in [5.74, 6) is -5.28. The number of ether oxygens (including phenoxy) is 2. The predicted octanol–water partition coefficient (Wildman–Crippen LogP) is 3.82. The molecule has 0 amide bonds. The van der Waals surface area contributed by atoms with Crippen LogP contribution in [-0.4, -0.2) is 49.5 Å². The van der Waals surface area contributed by atoms with Gasteiger partial charge in [-0.3, -0.25) is 19.2 Å². The zero-order valence-corrected chi connectivity index (χ0v) is 20.9. The van der Waals surface area contributed by atoms with Crippen molar-refractivity contribution >= 4 is 50.2 Å². The van der Waals surface area contributed by atoms with Crippen LogP contribution in [0.2, 0.25) is 18.1 Å². The van der Waals surface area contributed by atoms with E-state index in [0.29, 0.717) is 22.7 Å². The van der Waals surface area contributed by atoms with Crippen LogP contribution in [0.5, 0.6) is 0 Å². The Morgan fingerprint density at radius 3 is 1.97 bits per heavy atom. The van der Waals surface area contributed by atoms with E-state index in [1.165, 1.54) is 0 Å². The van der Waals surface area contributed by atoms with Crippen LogP contribution in [0, 0.1) is 5.41 Å². The Hall–Kier alpha value is -2.63. The van der Waals surface area contributed by atoms with Gasteiger partial charge in [-0.1, -0.05) is 38.4 Å². The highest BCUT2D eigenvalue weighted by atomic mass is 35.5. The first-order valence-corrected chi connectivity index (χ1v) is 12.8. The zero-order chi connectivity index (χ0) is 25.3. The number of carbonyl (C=O) groups is 4. The average Bonchev–Trinajstić information content (AvgIpc) is 2.57. The van der Waals surface area contributed by atoms with Gasteiger partial charge in [-0.2, -0.15) is 0 Å². The molecular weight excluding hydrogens is 474 g/mol. The van der Waals surface area contributed by atoms with Gasteiger partial charge >= 0.3 is 30.3 Å². The van der Waals surface area contributed by atoms with Crippen molar-refractivity contribution in [2.45, 2.75) is 65.6 Å². The van der Waals surface area contributed by atoms with Crippen molar-refractivity contribution in [3.63, 3.8) is 0 Å². The molecule has 0 bridgehead atoms. The molecule has 0 fully saturated rings. The van der Waals surface area contributed by atoms with Crippen LogP contribution in [0.25, 0.3) is 0 Å². The standard InChI is InChI=1S/C21H29ClNO9Si/c1-21(2,3)11-14(32-33(4)5)19-12(22)7-6-8-13(19)23-20(30-17(28)9-15(24)25)31-18(29)10-16(26)27/h6-8,14,20,23H,9-11H2,1-5H3,(H,24,25)(H,26,27). The van der Waals surface area contributed by atoms with Crippen LogP contribution >= 0.6 is 11.6 Å². The van der Waals surface area contributed by atoms with Crippen LogP contribution in [-0.2, 0) is 33.1 Å². The zero-order valence-electron chi connectivity index (χ0n) is 19.1. The summed E-state index contributed by atoms with van der Waals surface area (Å²) in [6.45, 7) is 10.0. The average molecular weight is 503 g/mol. The SMILES string of the molecule is C[Si](C)OC(CC(C)(C)C)c1c(Cl)cccc1NC(OC(=O)CC(=O)O)OC(=O)CC(=O)O. The maximum Gasteiger partial charge on any atom is 0.329 e. The van der Waals surface area contributed by atoms with Crippen LogP contribution in [0.4, 0.5) is 5.69 Å². The molecule has 0 aliphatic carbocycles. The highest BCUT2D eigenvalue weighted by molar-refractivity contribution is 6.48. The third kappa shape index (κ3) is 11.2. The summed E-state index contributed by atoms with van der Waals surface area (Å²) in [6, 6.07) is 4.86. The summed E-state index contributed by atoms with van der Waals surface area (Å²) < 4.78 is 16.0. The van der Waals surface area contributed by atoms with Crippen molar-refractivity contribution in [2.24, 2.45) is 5.41 Å². The quantitative estimate of drug-likeness (QED) is 0.166. The molecule has 0 heterocycles. The van der Waals surface area contributed by atoms with Gasteiger partial charge in [0.15, 0.2) is 0 Å². The molecule has 10 nitrogen and oxygen atoms in total. The number of esters is 2. The van der Waals surface area contributed by atoms with Gasteiger partial charge in [-0.15, -0.1) is 0 Å². The number of nitrogens with one attached hydrogen (secondary N) is 1. The van der Waals surface area contributed by atoms with Crippen LogP contribution in [0.15, 0.2) is 18.2 Å². The second-order valence-electron chi connectivity index (χ2n) is 8.58. The molecule has 1 rings (SSSR count). The number of hydrogen-bond donors (Lipinski definition) is 3. The highest BCUT2D eigenvalue weighted by Crippen LogP contribution is 2.40. The van der Waals surface area contributed by atoms with E-state index in [-0.39, 0.29) is 5.41 Å². The van der Waals surface area contributed by atoms with Gasteiger partial charge in [0.05, 0.1) is 6.10 Å². The topological polar surface area (TPSA) is 148 Å². The third-order valence-corrected chi connectivity index (χ3v) is 4.98. The number of carboxylic acid groups (broad SMARTS) is 2. The number of halogens is 1. The number of hydrogen-bond acceptors (Lipinski definition) is 8. The van der Waals surface area contributed by atoms with Gasteiger partial charge in [0.2, 0.25) is 9.04 Å². The third-order valence-electron chi connectivity index (χ3n) is 3.89. The van der Waals surface area contributed by atoms with Crippen molar-refractivity contribution in [2.75, 3.05) is 5.32 Å².